The minimum absolute atomic E-state index is 0.322. The van der Waals surface area contributed by atoms with Crippen molar-refractivity contribution in [3.05, 3.63) is 29.6 Å². The van der Waals surface area contributed by atoms with Gasteiger partial charge in [-0.25, -0.2) is 0 Å². The van der Waals surface area contributed by atoms with Gasteiger partial charge in [0.2, 0.25) is 0 Å². The highest BCUT2D eigenvalue weighted by molar-refractivity contribution is 5.23. The number of likely N-dealkylation sites (N-methyl/N-ethyl adjacent to an activating group) is 1. The molecule has 1 N–H and O–H groups in total. The van der Waals surface area contributed by atoms with Gasteiger partial charge in [-0.1, -0.05) is 18.9 Å². The van der Waals surface area contributed by atoms with E-state index in [0.29, 0.717) is 11.6 Å². The molecule has 0 bridgehead atoms. The molecule has 110 valence electrons. The average molecular weight is 273 g/mol. The van der Waals surface area contributed by atoms with Gasteiger partial charge in [0.15, 0.2) is 0 Å². The Morgan fingerprint density at radius 2 is 1.85 bits per heavy atom. The van der Waals surface area contributed by atoms with Crippen LogP contribution < -0.4 is 5.32 Å². The Bertz CT molecular complexity index is 428. The molecule has 1 aromatic heterocycles. The molecule has 1 saturated carbocycles. The van der Waals surface area contributed by atoms with Crippen molar-refractivity contribution in [1.29, 1.82) is 0 Å². The highest BCUT2D eigenvalue weighted by atomic mass is 15.2. The van der Waals surface area contributed by atoms with Gasteiger partial charge in [0, 0.05) is 17.4 Å². The van der Waals surface area contributed by atoms with E-state index in [1.807, 2.05) is 0 Å². The molecule has 2 heterocycles. The molecule has 3 nitrogen and oxygen atoms in total. The highest BCUT2D eigenvalue weighted by Gasteiger charge is 2.46. The molecule has 0 aromatic carbocycles. The van der Waals surface area contributed by atoms with Gasteiger partial charge >= 0.3 is 0 Å². The number of rotatable bonds is 4. The molecule has 1 aliphatic heterocycles. The van der Waals surface area contributed by atoms with Crippen molar-refractivity contribution in [2.45, 2.75) is 57.0 Å². The van der Waals surface area contributed by atoms with Crippen LogP contribution in [0.3, 0.4) is 0 Å². The van der Waals surface area contributed by atoms with E-state index in [4.69, 9.17) is 0 Å². The Balaban J connectivity index is 1.93. The molecular formula is C17H27N3. The summed E-state index contributed by atoms with van der Waals surface area (Å²) in [5, 5.41) is 3.62. The second-order valence-corrected chi connectivity index (χ2v) is 6.46. The number of pyridine rings is 1. The first-order valence-corrected chi connectivity index (χ1v) is 8.11. The zero-order chi connectivity index (χ0) is 14.0. The predicted octanol–water partition coefficient (Wildman–Crippen LogP) is 3.06. The number of aryl methyl sites for hydroxylation is 1. The lowest BCUT2D eigenvalue weighted by Crippen LogP contribution is -2.53. The first-order valence-electron chi connectivity index (χ1n) is 8.11. The second kappa shape index (κ2) is 5.82. The molecule has 20 heavy (non-hydrogen) atoms. The molecule has 1 aliphatic carbocycles. The second-order valence-electron chi connectivity index (χ2n) is 6.46. The molecule has 2 fully saturated rings. The topological polar surface area (TPSA) is 28.2 Å². The normalized spacial score (nSPS) is 24.1. The van der Waals surface area contributed by atoms with Gasteiger partial charge < -0.3 is 5.32 Å². The number of nitrogens with zero attached hydrogens (tertiary/aromatic N) is 2. The largest absolute Gasteiger partial charge is 0.311 e. The summed E-state index contributed by atoms with van der Waals surface area (Å²) in [7, 11) is 2.11. The Morgan fingerprint density at radius 3 is 2.40 bits per heavy atom. The van der Waals surface area contributed by atoms with E-state index in [0.717, 1.165) is 5.69 Å². The van der Waals surface area contributed by atoms with Crippen molar-refractivity contribution in [2.24, 2.45) is 0 Å². The van der Waals surface area contributed by atoms with E-state index in [9.17, 15) is 0 Å². The van der Waals surface area contributed by atoms with Crippen LogP contribution in [0.4, 0.5) is 0 Å². The molecule has 1 aromatic rings. The number of hydrogen-bond donors (Lipinski definition) is 1. The zero-order valence-corrected chi connectivity index (χ0v) is 12.9. The van der Waals surface area contributed by atoms with Gasteiger partial charge in [-0.05, 0) is 64.4 Å². The van der Waals surface area contributed by atoms with Crippen LogP contribution in [0, 0.1) is 6.92 Å². The smallest absolute Gasteiger partial charge is 0.0520 e. The van der Waals surface area contributed by atoms with Crippen LogP contribution in [0.2, 0.25) is 0 Å². The van der Waals surface area contributed by atoms with E-state index in [1.165, 1.54) is 57.2 Å². The van der Waals surface area contributed by atoms with Gasteiger partial charge in [0.05, 0.1) is 6.04 Å². The van der Waals surface area contributed by atoms with Crippen LogP contribution in [0.25, 0.3) is 0 Å². The van der Waals surface area contributed by atoms with E-state index >= 15 is 0 Å². The molecule has 0 radical (unpaired) electrons. The third-order valence-corrected chi connectivity index (χ3v) is 5.30. The molecule has 0 amide bonds. The summed E-state index contributed by atoms with van der Waals surface area (Å²) in [4.78, 5) is 7.28. The standard InChI is InChI=1S/C17H27N3/c1-14-7-8-15(13-19-14)16(18-2)17(9-3-4-10-17)20-11-5-6-12-20/h7-8,13,16,18H,3-6,9-12H2,1-2H3. The zero-order valence-electron chi connectivity index (χ0n) is 12.9. The lowest BCUT2D eigenvalue weighted by molar-refractivity contribution is 0.0795. The highest BCUT2D eigenvalue weighted by Crippen LogP contribution is 2.45. The fraction of sp³-hybridized carbons (Fsp3) is 0.706. The van der Waals surface area contributed by atoms with Crippen molar-refractivity contribution in [1.82, 2.24) is 15.2 Å². The van der Waals surface area contributed by atoms with Gasteiger partial charge in [-0.2, -0.15) is 0 Å². The van der Waals surface area contributed by atoms with Crippen LogP contribution >= 0.6 is 0 Å². The summed E-state index contributed by atoms with van der Waals surface area (Å²) in [6.45, 7) is 4.61. The number of likely N-dealkylation sites (tertiary alicyclic amines) is 1. The lowest BCUT2D eigenvalue weighted by Gasteiger charge is -2.45. The van der Waals surface area contributed by atoms with Gasteiger partial charge in [0.25, 0.3) is 0 Å². The van der Waals surface area contributed by atoms with Crippen LogP contribution in [0.5, 0.6) is 0 Å². The number of nitrogens with one attached hydrogen (secondary N) is 1. The Hall–Kier alpha value is -0.930. The summed E-state index contributed by atoms with van der Waals surface area (Å²) < 4.78 is 0. The van der Waals surface area contributed by atoms with E-state index in [2.05, 4.69) is 47.5 Å². The van der Waals surface area contributed by atoms with Crippen LogP contribution in [-0.4, -0.2) is 35.6 Å². The molecule has 3 heteroatoms. The molecule has 1 unspecified atom stereocenters. The van der Waals surface area contributed by atoms with Gasteiger partial charge in [0.1, 0.15) is 0 Å². The summed E-state index contributed by atoms with van der Waals surface area (Å²) in [6.07, 6.45) is 10.2. The fourth-order valence-corrected chi connectivity index (χ4v) is 4.33. The Kier molecular flexibility index (Phi) is 4.08. The SMILES string of the molecule is CNC(c1ccc(C)nc1)C1(N2CCCC2)CCCC1. The quantitative estimate of drug-likeness (QED) is 0.914. The molecular weight excluding hydrogens is 246 g/mol. The molecule has 1 atom stereocenters. The van der Waals surface area contributed by atoms with Gasteiger partial charge in [-0.3, -0.25) is 9.88 Å². The van der Waals surface area contributed by atoms with Crippen LogP contribution in [0.1, 0.15) is 55.8 Å². The predicted molar refractivity (Wildman–Crippen MR) is 82.8 cm³/mol. The molecule has 3 rings (SSSR count). The number of hydrogen-bond acceptors (Lipinski definition) is 3. The van der Waals surface area contributed by atoms with Crippen LogP contribution in [0.15, 0.2) is 18.3 Å². The minimum Gasteiger partial charge on any atom is -0.311 e. The monoisotopic (exact) mass is 273 g/mol. The van der Waals surface area contributed by atoms with Crippen molar-refractivity contribution in [3.8, 4) is 0 Å². The molecule has 0 spiro atoms. The van der Waals surface area contributed by atoms with E-state index in [-0.39, 0.29) is 0 Å². The van der Waals surface area contributed by atoms with Gasteiger partial charge in [-0.15, -0.1) is 0 Å². The third kappa shape index (κ3) is 2.38. The average Bonchev–Trinajstić information content (AvgIpc) is 3.12. The van der Waals surface area contributed by atoms with Crippen molar-refractivity contribution >= 4 is 0 Å². The van der Waals surface area contributed by atoms with E-state index in [1.54, 1.807) is 0 Å². The van der Waals surface area contributed by atoms with Crippen molar-refractivity contribution in [3.63, 3.8) is 0 Å². The maximum Gasteiger partial charge on any atom is 0.0520 e. The van der Waals surface area contributed by atoms with Crippen molar-refractivity contribution in [2.75, 3.05) is 20.1 Å². The molecule has 2 aliphatic rings. The summed E-state index contributed by atoms with van der Waals surface area (Å²) in [5.41, 5.74) is 2.78. The van der Waals surface area contributed by atoms with Crippen LogP contribution in [-0.2, 0) is 0 Å². The summed E-state index contributed by atoms with van der Waals surface area (Å²) in [5.74, 6) is 0. The number of aromatic nitrogens is 1. The first-order chi connectivity index (χ1) is 9.76. The maximum atomic E-state index is 4.52. The first kappa shape index (κ1) is 14.0. The minimum atomic E-state index is 0.322. The fourth-order valence-electron chi connectivity index (χ4n) is 4.33. The maximum absolute atomic E-state index is 4.52. The molecule has 1 saturated heterocycles. The summed E-state index contributed by atoms with van der Waals surface area (Å²) >= 11 is 0. The lowest BCUT2D eigenvalue weighted by atomic mass is 9.82. The Morgan fingerprint density at radius 1 is 1.15 bits per heavy atom. The van der Waals surface area contributed by atoms with Crippen molar-refractivity contribution < 1.29 is 0 Å². The summed E-state index contributed by atoms with van der Waals surface area (Å²) in [6, 6.07) is 4.82. The Labute approximate surface area is 122 Å². The third-order valence-electron chi connectivity index (χ3n) is 5.30. The van der Waals surface area contributed by atoms with E-state index < -0.39 is 0 Å².